The maximum absolute atomic E-state index is 12.8. The van der Waals surface area contributed by atoms with E-state index in [1.807, 2.05) is 31.5 Å². The third kappa shape index (κ3) is 5.15. The summed E-state index contributed by atoms with van der Waals surface area (Å²) in [4.78, 5) is 12.8. The van der Waals surface area contributed by atoms with E-state index in [2.05, 4.69) is 32.2 Å². The van der Waals surface area contributed by atoms with Gasteiger partial charge in [-0.2, -0.15) is 10.4 Å². The molecule has 0 unspecified atom stereocenters. The lowest BCUT2D eigenvalue weighted by Gasteiger charge is -2.22. The number of benzene rings is 1. The molecule has 0 fully saturated rings. The number of amides is 1. The molecule has 1 aromatic carbocycles. The Hall–Kier alpha value is -3.53. The molecule has 0 radical (unpaired) electrons. The van der Waals surface area contributed by atoms with Gasteiger partial charge in [-0.1, -0.05) is 32.9 Å². The number of hydrogen-bond donors (Lipinski definition) is 1. The maximum Gasteiger partial charge on any atom is 0.292 e. The number of furan rings is 1. The summed E-state index contributed by atoms with van der Waals surface area (Å²) in [6, 6.07) is 14.2. The molecule has 0 saturated heterocycles. The van der Waals surface area contributed by atoms with Crippen LogP contribution in [0.5, 0.6) is 5.75 Å². The van der Waals surface area contributed by atoms with Crippen LogP contribution in [0.1, 0.15) is 69.1 Å². The van der Waals surface area contributed by atoms with Crippen molar-refractivity contribution in [3.63, 3.8) is 0 Å². The van der Waals surface area contributed by atoms with Gasteiger partial charge < -0.3 is 14.5 Å². The Morgan fingerprint density at radius 2 is 1.87 bits per heavy atom. The highest BCUT2D eigenvalue weighted by molar-refractivity contribution is 6.01. The molecule has 3 rings (SSSR count). The minimum absolute atomic E-state index is 0.111. The van der Waals surface area contributed by atoms with Crippen molar-refractivity contribution in [2.45, 2.75) is 59.1 Å². The fraction of sp³-hybridized carbons (Fsp3) is 0.375. The number of anilines is 1. The van der Waals surface area contributed by atoms with E-state index in [0.717, 1.165) is 5.69 Å². The molecule has 31 heavy (non-hydrogen) atoms. The molecule has 0 spiro atoms. The van der Waals surface area contributed by atoms with Crippen LogP contribution in [0.15, 0.2) is 46.9 Å². The van der Waals surface area contributed by atoms with Crippen LogP contribution in [0.2, 0.25) is 0 Å². The van der Waals surface area contributed by atoms with Gasteiger partial charge in [0.2, 0.25) is 0 Å². The second-order valence-corrected chi connectivity index (χ2v) is 9.36. The molecule has 2 aromatic heterocycles. The molecule has 1 N–H and O–H groups in total. The number of carbonyl (C=O) groups excluding carboxylic acids is 1. The molecule has 0 saturated carbocycles. The first-order chi connectivity index (χ1) is 14.5. The highest BCUT2D eigenvalue weighted by Crippen LogP contribution is 2.28. The summed E-state index contributed by atoms with van der Waals surface area (Å²) in [6.07, 6.45) is 0. The number of aromatic nitrogens is 2. The Kier molecular flexibility index (Phi) is 5.94. The van der Waals surface area contributed by atoms with E-state index >= 15 is 0 Å². The smallest absolute Gasteiger partial charge is 0.292 e. The fourth-order valence-electron chi connectivity index (χ4n) is 2.94. The van der Waals surface area contributed by atoms with E-state index in [9.17, 15) is 4.79 Å². The standard InChI is InChI=1S/C24H28N4O3/c1-23(2,3)20-13-21(28(27-20)24(4,5)6)26-22(29)19-12-11-17(31-19)15-30-18-10-8-7-9-16(18)14-25/h7-13H,15H2,1-6H3,(H,26,29). The largest absolute Gasteiger partial charge is 0.484 e. The first-order valence-corrected chi connectivity index (χ1v) is 10.1. The van der Waals surface area contributed by atoms with E-state index in [1.54, 1.807) is 36.4 Å². The molecule has 0 aliphatic carbocycles. The van der Waals surface area contributed by atoms with E-state index in [4.69, 9.17) is 19.5 Å². The van der Waals surface area contributed by atoms with Crippen LogP contribution in [0.4, 0.5) is 5.82 Å². The molecule has 7 heteroatoms. The van der Waals surface area contributed by atoms with Crippen LogP contribution in [0.25, 0.3) is 0 Å². The normalized spacial score (nSPS) is 11.8. The van der Waals surface area contributed by atoms with Crippen LogP contribution in [-0.2, 0) is 17.6 Å². The van der Waals surface area contributed by atoms with Crippen LogP contribution in [-0.4, -0.2) is 15.7 Å². The molecular formula is C24H28N4O3. The van der Waals surface area contributed by atoms with E-state index in [1.165, 1.54) is 0 Å². The number of rotatable bonds is 5. The van der Waals surface area contributed by atoms with Gasteiger partial charge >= 0.3 is 0 Å². The predicted molar refractivity (Wildman–Crippen MR) is 118 cm³/mol. The van der Waals surface area contributed by atoms with Gasteiger partial charge in [0.05, 0.1) is 16.8 Å². The number of nitrogens with zero attached hydrogens (tertiary/aromatic N) is 3. The second kappa shape index (κ2) is 8.31. The summed E-state index contributed by atoms with van der Waals surface area (Å²) in [5.74, 6) is 1.37. The van der Waals surface area contributed by atoms with Crippen LogP contribution in [0.3, 0.4) is 0 Å². The summed E-state index contributed by atoms with van der Waals surface area (Å²) in [6.45, 7) is 12.4. The number of nitriles is 1. The number of para-hydroxylation sites is 1. The molecule has 0 bridgehead atoms. The fourth-order valence-corrected chi connectivity index (χ4v) is 2.94. The van der Waals surface area contributed by atoms with Crippen LogP contribution >= 0.6 is 0 Å². The second-order valence-electron chi connectivity index (χ2n) is 9.36. The zero-order chi connectivity index (χ0) is 22.8. The van der Waals surface area contributed by atoms with E-state index in [-0.39, 0.29) is 29.2 Å². The summed E-state index contributed by atoms with van der Waals surface area (Å²) in [5.41, 5.74) is 0.882. The van der Waals surface area contributed by atoms with Gasteiger partial charge in [-0.3, -0.25) is 4.79 Å². The third-order valence-electron chi connectivity index (χ3n) is 4.62. The Morgan fingerprint density at radius 3 is 2.52 bits per heavy atom. The molecule has 0 aliphatic heterocycles. The van der Waals surface area contributed by atoms with E-state index < -0.39 is 0 Å². The Morgan fingerprint density at radius 1 is 1.16 bits per heavy atom. The molecule has 3 aromatic rings. The predicted octanol–water partition coefficient (Wildman–Crippen LogP) is 5.23. The van der Waals surface area contributed by atoms with Crippen molar-refractivity contribution in [3.8, 4) is 11.8 Å². The lowest BCUT2D eigenvalue weighted by Crippen LogP contribution is -2.27. The van der Waals surface area contributed by atoms with Crippen LogP contribution in [0, 0.1) is 11.3 Å². The van der Waals surface area contributed by atoms with Gasteiger partial charge in [0.25, 0.3) is 5.91 Å². The SMILES string of the molecule is CC(C)(C)c1cc(NC(=O)c2ccc(COc3ccccc3C#N)o2)n(C(C)(C)C)n1. The van der Waals surface area contributed by atoms with E-state index in [0.29, 0.717) is 22.9 Å². The van der Waals surface area contributed by atoms with Crippen molar-refractivity contribution in [1.29, 1.82) is 5.26 Å². The molecule has 0 atom stereocenters. The Labute approximate surface area is 182 Å². The molecule has 1 amide bonds. The summed E-state index contributed by atoms with van der Waals surface area (Å²) in [7, 11) is 0. The highest BCUT2D eigenvalue weighted by Gasteiger charge is 2.26. The van der Waals surface area contributed by atoms with Crippen molar-refractivity contribution in [2.75, 3.05) is 5.32 Å². The quantitative estimate of drug-likeness (QED) is 0.610. The van der Waals surface area contributed by atoms with Gasteiger partial charge in [0.1, 0.15) is 30.0 Å². The van der Waals surface area contributed by atoms with Gasteiger partial charge in [0, 0.05) is 11.5 Å². The zero-order valence-corrected chi connectivity index (χ0v) is 18.8. The molecule has 162 valence electrons. The Bertz CT molecular complexity index is 1120. The van der Waals surface area contributed by atoms with Gasteiger partial charge in [-0.05, 0) is 45.0 Å². The van der Waals surface area contributed by atoms with Crippen molar-refractivity contribution < 1.29 is 13.9 Å². The van der Waals surface area contributed by atoms with Gasteiger partial charge in [-0.25, -0.2) is 4.68 Å². The third-order valence-corrected chi connectivity index (χ3v) is 4.62. The first-order valence-electron chi connectivity index (χ1n) is 10.1. The minimum atomic E-state index is -0.366. The number of hydrogen-bond acceptors (Lipinski definition) is 5. The molecule has 0 aliphatic rings. The number of nitrogens with one attached hydrogen (secondary N) is 1. The van der Waals surface area contributed by atoms with Gasteiger partial charge in [0.15, 0.2) is 5.76 Å². The summed E-state index contributed by atoms with van der Waals surface area (Å²) in [5, 5.41) is 16.8. The lowest BCUT2D eigenvalue weighted by atomic mass is 9.92. The zero-order valence-electron chi connectivity index (χ0n) is 18.8. The summed E-state index contributed by atoms with van der Waals surface area (Å²) >= 11 is 0. The monoisotopic (exact) mass is 420 g/mol. The van der Waals surface area contributed by atoms with Crippen molar-refractivity contribution in [1.82, 2.24) is 9.78 Å². The first kappa shape index (κ1) is 22.2. The number of ether oxygens (including phenoxy) is 1. The van der Waals surface area contributed by atoms with Crippen molar-refractivity contribution in [3.05, 3.63) is 65.2 Å². The molecule has 2 heterocycles. The average Bonchev–Trinajstić information content (AvgIpc) is 3.33. The lowest BCUT2D eigenvalue weighted by molar-refractivity contribution is 0.0991. The van der Waals surface area contributed by atoms with Crippen molar-refractivity contribution in [2.24, 2.45) is 0 Å². The Balaban J connectivity index is 1.74. The number of carbonyl (C=O) groups is 1. The topological polar surface area (TPSA) is 93.1 Å². The molecule has 7 nitrogen and oxygen atoms in total. The minimum Gasteiger partial charge on any atom is -0.484 e. The maximum atomic E-state index is 12.8. The molecular weight excluding hydrogens is 392 g/mol. The average molecular weight is 421 g/mol. The summed E-state index contributed by atoms with van der Waals surface area (Å²) < 4.78 is 13.1. The van der Waals surface area contributed by atoms with Gasteiger partial charge in [-0.15, -0.1) is 0 Å². The van der Waals surface area contributed by atoms with Crippen molar-refractivity contribution >= 4 is 11.7 Å². The van der Waals surface area contributed by atoms with Crippen LogP contribution < -0.4 is 10.1 Å². The highest BCUT2D eigenvalue weighted by atomic mass is 16.5.